The molecule has 0 aliphatic carbocycles. The average Bonchev–Trinajstić information content (AvgIpc) is 2.49. The van der Waals surface area contributed by atoms with E-state index in [0.717, 1.165) is 23.1 Å². The maximum absolute atomic E-state index is 11.0. The molecule has 2 aromatic carbocycles. The summed E-state index contributed by atoms with van der Waals surface area (Å²) in [5.41, 5.74) is 9.09. The number of nitrogens with two attached hydrogens (primary N) is 1. The van der Waals surface area contributed by atoms with Gasteiger partial charge >= 0.3 is 6.09 Å². The lowest BCUT2D eigenvalue weighted by Gasteiger charge is -2.11. The van der Waals surface area contributed by atoms with Crippen LogP contribution in [-0.4, -0.2) is 17.8 Å². The maximum Gasteiger partial charge on any atom is 0.409 e. The van der Waals surface area contributed by atoms with E-state index in [-0.39, 0.29) is 6.61 Å². The molecule has 21 heavy (non-hydrogen) atoms. The molecule has 0 aromatic heterocycles. The van der Waals surface area contributed by atoms with Gasteiger partial charge in [0.1, 0.15) is 5.75 Å². The van der Waals surface area contributed by atoms with Crippen LogP contribution >= 0.6 is 0 Å². The van der Waals surface area contributed by atoms with E-state index in [0.29, 0.717) is 12.2 Å². The number of aryl methyl sites for hydroxylation is 1. The van der Waals surface area contributed by atoms with Crippen LogP contribution in [0.4, 0.5) is 4.79 Å². The van der Waals surface area contributed by atoms with Gasteiger partial charge in [0.25, 0.3) is 0 Å². The normalized spacial score (nSPS) is 10.4. The molecule has 0 aliphatic heterocycles. The third-order valence-electron chi connectivity index (χ3n) is 3.35. The standard InChI is InChI=1S/C17H19NO3/c1-2-12-3-5-13(6-4-12)15-8-7-14(9-10-19)16(11-15)21-17(18)20/h3-8,11,19H,2,9-10H2,1H3,(H2,18,20). The fourth-order valence-corrected chi connectivity index (χ4v) is 2.20. The van der Waals surface area contributed by atoms with Crippen molar-refractivity contribution in [1.82, 2.24) is 0 Å². The van der Waals surface area contributed by atoms with Crippen molar-refractivity contribution < 1.29 is 14.6 Å². The zero-order valence-corrected chi connectivity index (χ0v) is 12.0. The van der Waals surface area contributed by atoms with Gasteiger partial charge in [0, 0.05) is 6.61 Å². The molecule has 2 rings (SSSR count). The van der Waals surface area contributed by atoms with Crippen molar-refractivity contribution in [3.63, 3.8) is 0 Å². The van der Waals surface area contributed by atoms with E-state index >= 15 is 0 Å². The summed E-state index contributed by atoms with van der Waals surface area (Å²) >= 11 is 0. The van der Waals surface area contributed by atoms with Gasteiger partial charge in [-0.05, 0) is 41.2 Å². The first-order chi connectivity index (χ1) is 10.1. The lowest BCUT2D eigenvalue weighted by atomic mass is 10.0. The summed E-state index contributed by atoms with van der Waals surface area (Å²) < 4.78 is 5.03. The molecule has 0 aliphatic rings. The van der Waals surface area contributed by atoms with Gasteiger partial charge in [0.2, 0.25) is 0 Å². The molecule has 110 valence electrons. The molecular formula is C17H19NO3. The van der Waals surface area contributed by atoms with Crippen LogP contribution in [0.3, 0.4) is 0 Å². The summed E-state index contributed by atoms with van der Waals surface area (Å²) in [5, 5.41) is 9.05. The number of hydrogen-bond acceptors (Lipinski definition) is 3. The highest BCUT2D eigenvalue weighted by molar-refractivity contribution is 5.72. The first-order valence-electron chi connectivity index (χ1n) is 6.94. The minimum Gasteiger partial charge on any atom is -0.410 e. The van der Waals surface area contributed by atoms with E-state index in [1.807, 2.05) is 24.3 Å². The smallest absolute Gasteiger partial charge is 0.409 e. The summed E-state index contributed by atoms with van der Waals surface area (Å²) in [5.74, 6) is 0.397. The Balaban J connectivity index is 2.37. The van der Waals surface area contributed by atoms with Gasteiger partial charge in [-0.15, -0.1) is 0 Å². The van der Waals surface area contributed by atoms with Crippen molar-refractivity contribution in [3.05, 3.63) is 53.6 Å². The Labute approximate surface area is 124 Å². The van der Waals surface area contributed by atoms with E-state index in [9.17, 15) is 4.79 Å². The Bertz CT molecular complexity index is 620. The minimum absolute atomic E-state index is 0.0142. The SMILES string of the molecule is CCc1ccc(-c2ccc(CCO)c(OC(N)=O)c2)cc1. The molecule has 0 bridgehead atoms. The van der Waals surface area contributed by atoms with E-state index in [2.05, 4.69) is 19.1 Å². The fraction of sp³-hybridized carbons (Fsp3) is 0.235. The number of hydrogen-bond donors (Lipinski definition) is 2. The van der Waals surface area contributed by atoms with Crippen LogP contribution in [-0.2, 0) is 12.8 Å². The molecule has 0 saturated carbocycles. The number of ether oxygens (including phenoxy) is 1. The third kappa shape index (κ3) is 3.83. The summed E-state index contributed by atoms with van der Waals surface area (Å²) in [4.78, 5) is 11.0. The molecule has 2 aromatic rings. The first-order valence-corrected chi connectivity index (χ1v) is 6.94. The molecule has 4 heteroatoms. The molecule has 0 saturated heterocycles. The highest BCUT2D eigenvalue weighted by atomic mass is 16.5. The molecule has 0 heterocycles. The van der Waals surface area contributed by atoms with Gasteiger partial charge in [-0.2, -0.15) is 0 Å². The van der Waals surface area contributed by atoms with Gasteiger partial charge in [-0.1, -0.05) is 43.3 Å². The maximum atomic E-state index is 11.0. The minimum atomic E-state index is -0.854. The number of amides is 1. The fourth-order valence-electron chi connectivity index (χ4n) is 2.20. The molecule has 0 atom stereocenters. The van der Waals surface area contributed by atoms with Crippen molar-refractivity contribution in [2.75, 3.05) is 6.61 Å². The Morgan fingerprint density at radius 3 is 2.38 bits per heavy atom. The number of aliphatic hydroxyl groups excluding tert-OH is 1. The molecule has 3 N–H and O–H groups in total. The first kappa shape index (κ1) is 15.1. The van der Waals surface area contributed by atoms with Crippen LogP contribution in [0.1, 0.15) is 18.1 Å². The van der Waals surface area contributed by atoms with Crippen LogP contribution in [0.25, 0.3) is 11.1 Å². The average molecular weight is 285 g/mol. The van der Waals surface area contributed by atoms with Crippen LogP contribution in [0.5, 0.6) is 5.75 Å². The Morgan fingerprint density at radius 1 is 1.14 bits per heavy atom. The summed E-state index contributed by atoms with van der Waals surface area (Å²) in [6.45, 7) is 2.09. The molecule has 4 nitrogen and oxygen atoms in total. The predicted octanol–water partition coefficient (Wildman–Crippen LogP) is 2.91. The molecule has 0 spiro atoms. The van der Waals surface area contributed by atoms with E-state index in [1.54, 1.807) is 6.07 Å². The van der Waals surface area contributed by atoms with Gasteiger partial charge in [0.15, 0.2) is 0 Å². The van der Waals surface area contributed by atoms with Crippen molar-refractivity contribution in [2.45, 2.75) is 19.8 Å². The quantitative estimate of drug-likeness (QED) is 0.887. The molecular weight excluding hydrogens is 266 g/mol. The van der Waals surface area contributed by atoms with Gasteiger partial charge in [0.05, 0.1) is 0 Å². The van der Waals surface area contributed by atoms with Crippen molar-refractivity contribution in [3.8, 4) is 16.9 Å². The Kier molecular flexibility index (Phi) is 4.95. The summed E-state index contributed by atoms with van der Waals surface area (Å²) in [7, 11) is 0. The zero-order chi connectivity index (χ0) is 15.2. The van der Waals surface area contributed by atoms with Crippen LogP contribution in [0.15, 0.2) is 42.5 Å². The monoisotopic (exact) mass is 285 g/mol. The predicted molar refractivity (Wildman–Crippen MR) is 82.3 cm³/mol. The van der Waals surface area contributed by atoms with Crippen LogP contribution < -0.4 is 10.5 Å². The van der Waals surface area contributed by atoms with E-state index < -0.39 is 6.09 Å². The number of rotatable bonds is 5. The van der Waals surface area contributed by atoms with Crippen molar-refractivity contribution in [1.29, 1.82) is 0 Å². The Hall–Kier alpha value is -2.33. The molecule has 0 radical (unpaired) electrons. The van der Waals surface area contributed by atoms with Gasteiger partial charge < -0.3 is 15.6 Å². The Morgan fingerprint density at radius 2 is 1.81 bits per heavy atom. The van der Waals surface area contributed by atoms with Crippen molar-refractivity contribution >= 4 is 6.09 Å². The van der Waals surface area contributed by atoms with Gasteiger partial charge in [-0.3, -0.25) is 0 Å². The third-order valence-corrected chi connectivity index (χ3v) is 3.35. The molecule has 0 unspecified atom stereocenters. The molecule has 1 amide bonds. The highest BCUT2D eigenvalue weighted by Crippen LogP contribution is 2.28. The van der Waals surface area contributed by atoms with E-state index in [4.69, 9.17) is 15.6 Å². The lowest BCUT2D eigenvalue weighted by Crippen LogP contribution is -2.17. The van der Waals surface area contributed by atoms with Gasteiger partial charge in [-0.25, -0.2) is 4.79 Å². The largest absolute Gasteiger partial charge is 0.410 e. The summed E-state index contributed by atoms with van der Waals surface area (Å²) in [6.07, 6.45) is 0.552. The van der Waals surface area contributed by atoms with E-state index in [1.165, 1.54) is 5.56 Å². The lowest BCUT2D eigenvalue weighted by molar-refractivity contribution is 0.210. The summed E-state index contributed by atoms with van der Waals surface area (Å²) in [6, 6.07) is 13.8. The number of carbonyl (C=O) groups excluding carboxylic acids is 1. The molecule has 0 fully saturated rings. The number of primary amides is 1. The second-order valence-corrected chi connectivity index (χ2v) is 4.77. The number of aliphatic hydroxyl groups is 1. The van der Waals surface area contributed by atoms with Crippen LogP contribution in [0, 0.1) is 0 Å². The highest BCUT2D eigenvalue weighted by Gasteiger charge is 2.09. The zero-order valence-electron chi connectivity index (χ0n) is 12.0. The second-order valence-electron chi connectivity index (χ2n) is 4.77. The number of carbonyl (C=O) groups is 1. The van der Waals surface area contributed by atoms with Crippen molar-refractivity contribution in [2.24, 2.45) is 5.73 Å². The topological polar surface area (TPSA) is 72.6 Å². The van der Waals surface area contributed by atoms with Crippen LogP contribution in [0.2, 0.25) is 0 Å². The number of benzene rings is 2. The second kappa shape index (κ2) is 6.90.